The molecule has 0 bridgehead atoms. The van der Waals surface area contributed by atoms with Crippen LogP contribution < -0.4 is 0 Å². The molecule has 3 aliphatic heterocycles. The molecule has 3 saturated heterocycles. The molecular formula is C22H30F2N2O2. The Morgan fingerprint density at radius 3 is 2.18 bits per heavy atom. The number of rotatable bonds is 5. The topological polar surface area (TPSA) is 32.8 Å². The summed E-state index contributed by atoms with van der Waals surface area (Å²) in [6.45, 7) is 6.27. The molecule has 0 aromatic heterocycles. The third-order valence-corrected chi connectivity index (χ3v) is 6.60. The van der Waals surface area contributed by atoms with Crippen molar-refractivity contribution in [2.24, 2.45) is 0 Å². The molecule has 0 N–H and O–H groups in total. The molecule has 3 aliphatic rings. The van der Waals surface area contributed by atoms with Gasteiger partial charge in [0, 0.05) is 64.1 Å². The van der Waals surface area contributed by atoms with E-state index in [1.807, 2.05) is 24.3 Å². The number of Topliss-reactive ketones (excluding diaryl/α,β-unsaturated/α-hetero) is 1. The Morgan fingerprint density at radius 1 is 1.04 bits per heavy atom. The molecule has 154 valence electrons. The molecule has 0 aliphatic carbocycles. The van der Waals surface area contributed by atoms with Crippen LogP contribution in [0.5, 0.6) is 0 Å². The van der Waals surface area contributed by atoms with E-state index in [-0.39, 0.29) is 30.3 Å². The van der Waals surface area contributed by atoms with E-state index in [1.165, 1.54) is 5.56 Å². The van der Waals surface area contributed by atoms with Crippen LogP contribution in [0, 0.1) is 0 Å². The zero-order chi connectivity index (χ0) is 19.8. The summed E-state index contributed by atoms with van der Waals surface area (Å²) in [5.41, 5.74) is 2.00. The summed E-state index contributed by atoms with van der Waals surface area (Å²) in [6, 6.07) is 7.89. The summed E-state index contributed by atoms with van der Waals surface area (Å²) < 4.78 is 32.8. The van der Waals surface area contributed by atoms with E-state index in [0.29, 0.717) is 13.1 Å². The van der Waals surface area contributed by atoms with Gasteiger partial charge in [0.2, 0.25) is 0 Å². The summed E-state index contributed by atoms with van der Waals surface area (Å²) in [4.78, 5) is 16.0. The minimum absolute atomic E-state index is 0.0133. The first-order chi connectivity index (χ1) is 13.3. The molecule has 6 heteroatoms. The van der Waals surface area contributed by atoms with Crippen molar-refractivity contribution in [2.45, 2.75) is 63.2 Å². The van der Waals surface area contributed by atoms with Crippen LogP contribution in [0.15, 0.2) is 24.3 Å². The van der Waals surface area contributed by atoms with Gasteiger partial charge in [0.25, 0.3) is 5.92 Å². The first kappa shape index (κ1) is 19.9. The normalized spacial score (nSPS) is 27.5. The van der Waals surface area contributed by atoms with Gasteiger partial charge in [-0.25, -0.2) is 8.78 Å². The fourth-order valence-electron chi connectivity index (χ4n) is 4.76. The van der Waals surface area contributed by atoms with Crippen LogP contribution >= 0.6 is 0 Å². The van der Waals surface area contributed by atoms with Crippen molar-refractivity contribution in [1.29, 1.82) is 0 Å². The van der Waals surface area contributed by atoms with Gasteiger partial charge < -0.3 is 9.64 Å². The Kier molecular flexibility index (Phi) is 5.55. The largest absolute Gasteiger partial charge is 0.370 e. The number of ketones is 1. The average molecular weight is 392 g/mol. The summed E-state index contributed by atoms with van der Waals surface area (Å²) in [7, 11) is 0. The Bertz CT molecular complexity index is 681. The second-order valence-electron chi connectivity index (χ2n) is 8.81. The van der Waals surface area contributed by atoms with Gasteiger partial charge in [-0.2, -0.15) is 0 Å². The zero-order valence-electron chi connectivity index (χ0n) is 16.6. The van der Waals surface area contributed by atoms with E-state index >= 15 is 0 Å². The van der Waals surface area contributed by atoms with E-state index in [4.69, 9.17) is 4.74 Å². The number of likely N-dealkylation sites (tertiary alicyclic amines) is 2. The number of alkyl halides is 2. The van der Waals surface area contributed by atoms with E-state index in [0.717, 1.165) is 51.0 Å². The summed E-state index contributed by atoms with van der Waals surface area (Å²) in [6.07, 6.45) is 3.29. The fraction of sp³-hybridized carbons (Fsp3) is 0.682. The lowest BCUT2D eigenvalue weighted by atomic mass is 9.80. The minimum Gasteiger partial charge on any atom is -0.370 e. The molecule has 1 aromatic carbocycles. The van der Waals surface area contributed by atoms with E-state index in [9.17, 15) is 13.6 Å². The van der Waals surface area contributed by atoms with Gasteiger partial charge in [0.1, 0.15) is 0 Å². The third-order valence-electron chi connectivity index (χ3n) is 6.60. The van der Waals surface area contributed by atoms with Crippen molar-refractivity contribution < 1.29 is 18.3 Å². The highest BCUT2D eigenvalue weighted by molar-refractivity contribution is 5.93. The number of ether oxygens (including phenoxy) is 1. The van der Waals surface area contributed by atoms with Crippen molar-refractivity contribution in [1.82, 2.24) is 9.80 Å². The fourth-order valence-corrected chi connectivity index (χ4v) is 4.76. The Morgan fingerprint density at radius 2 is 1.61 bits per heavy atom. The molecule has 1 aromatic rings. The van der Waals surface area contributed by atoms with Crippen molar-refractivity contribution in [3.05, 3.63) is 35.4 Å². The van der Waals surface area contributed by atoms with Crippen LogP contribution in [0.2, 0.25) is 0 Å². The van der Waals surface area contributed by atoms with Crippen molar-refractivity contribution in [2.75, 3.05) is 32.7 Å². The number of benzene rings is 1. The Balaban J connectivity index is 1.18. The highest BCUT2D eigenvalue weighted by Crippen LogP contribution is 2.42. The van der Waals surface area contributed by atoms with Crippen LogP contribution in [0.1, 0.15) is 54.9 Å². The monoisotopic (exact) mass is 392 g/mol. The molecule has 0 saturated carbocycles. The Hall–Kier alpha value is -1.37. The van der Waals surface area contributed by atoms with E-state index < -0.39 is 5.92 Å². The highest BCUT2D eigenvalue weighted by Gasteiger charge is 2.48. The second-order valence-corrected chi connectivity index (χ2v) is 8.81. The lowest BCUT2D eigenvalue weighted by Crippen LogP contribution is -2.59. The Labute approximate surface area is 165 Å². The lowest BCUT2D eigenvalue weighted by molar-refractivity contribution is -0.232. The van der Waals surface area contributed by atoms with Crippen LogP contribution in [0.3, 0.4) is 0 Å². The number of hydrogen-bond donors (Lipinski definition) is 0. The maximum absolute atomic E-state index is 13.3. The van der Waals surface area contributed by atoms with Crippen LogP contribution in [-0.2, 0) is 11.3 Å². The lowest BCUT2D eigenvalue weighted by Gasteiger charge is -2.53. The van der Waals surface area contributed by atoms with Gasteiger partial charge in [-0.15, -0.1) is 0 Å². The van der Waals surface area contributed by atoms with E-state index in [1.54, 1.807) is 6.92 Å². The molecule has 1 atom stereocenters. The molecule has 0 amide bonds. The summed E-state index contributed by atoms with van der Waals surface area (Å²) in [5.74, 6) is -2.38. The van der Waals surface area contributed by atoms with Crippen LogP contribution in [0.4, 0.5) is 8.78 Å². The quantitative estimate of drug-likeness (QED) is 0.715. The van der Waals surface area contributed by atoms with Gasteiger partial charge in [0.05, 0.1) is 11.7 Å². The zero-order valence-corrected chi connectivity index (χ0v) is 16.6. The standard InChI is InChI=1S/C22H30F2N2O2/c1-17(27)19-4-2-18(3-5-19)15-25-10-6-21(7-11-25)14-20(28-21)16-26-12-8-22(23,24)9-13-26/h2-5,20H,6-16H2,1H3. The van der Waals surface area contributed by atoms with Crippen molar-refractivity contribution >= 4 is 5.78 Å². The number of nitrogens with zero attached hydrogens (tertiary/aromatic N) is 2. The number of piperidine rings is 2. The number of carbonyl (C=O) groups excluding carboxylic acids is 1. The molecule has 4 nitrogen and oxygen atoms in total. The second kappa shape index (κ2) is 7.81. The van der Waals surface area contributed by atoms with Gasteiger partial charge >= 0.3 is 0 Å². The summed E-state index contributed by atoms with van der Waals surface area (Å²) >= 11 is 0. The molecule has 4 rings (SSSR count). The smallest absolute Gasteiger partial charge is 0.250 e. The SMILES string of the molecule is CC(=O)c1ccc(CN2CCC3(CC2)CC(CN2CCC(F)(F)CC2)O3)cc1. The molecule has 3 heterocycles. The number of hydrogen-bond acceptors (Lipinski definition) is 4. The molecule has 0 radical (unpaired) electrons. The number of carbonyl (C=O) groups is 1. The minimum atomic E-state index is -2.47. The first-order valence-corrected chi connectivity index (χ1v) is 10.4. The first-order valence-electron chi connectivity index (χ1n) is 10.4. The van der Waals surface area contributed by atoms with Crippen molar-refractivity contribution in [3.63, 3.8) is 0 Å². The van der Waals surface area contributed by atoms with Crippen LogP contribution in [-0.4, -0.2) is 65.9 Å². The summed E-state index contributed by atoms with van der Waals surface area (Å²) in [5, 5.41) is 0. The van der Waals surface area contributed by atoms with Gasteiger partial charge in [-0.3, -0.25) is 9.69 Å². The van der Waals surface area contributed by atoms with E-state index in [2.05, 4.69) is 9.80 Å². The predicted molar refractivity (Wildman–Crippen MR) is 104 cm³/mol. The predicted octanol–water partition coefficient (Wildman–Crippen LogP) is 3.74. The molecule has 28 heavy (non-hydrogen) atoms. The van der Waals surface area contributed by atoms with Gasteiger partial charge in [-0.05, 0) is 25.3 Å². The van der Waals surface area contributed by atoms with Crippen molar-refractivity contribution in [3.8, 4) is 0 Å². The van der Waals surface area contributed by atoms with Gasteiger partial charge in [0.15, 0.2) is 5.78 Å². The van der Waals surface area contributed by atoms with Crippen LogP contribution in [0.25, 0.3) is 0 Å². The molecule has 3 fully saturated rings. The maximum atomic E-state index is 13.3. The molecule has 1 spiro atoms. The molecule has 1 unspecified atom stereocenters. The van der Waals surface area contributed by atoms with Gasteiger partial charge in [-0.1, -0.05) is 24.3 Å². The number of halogens is 2. The highest BCUT2D eigenvalue weighted by atomic mass is 19.3. The molecular weight excluding hydrogens is 362 g/mol. The third kappa shape index (κ3) is 4.61. The maximum Gasteiger partial charge on any atom is 0.250 e. The average Bonchev–Trinajstić information content (AvgIpc) is 2.64.